The maximum atomic E-state index is 11.4. The van der Waals surface area contributed by atoms with E-state index in [1.54, 1.807) is 14.0 Å². The van der Waals surface area contributed by atoms with Crippen molar-refractivity contribution in [1.29, 1.82) is 0 Å². The van der Waals surface area contributed by atoms with Crippen LogP contribution in [-0.2, 0) is 22.5 Å². The first-order valence-corrected chi connectivity index (χ1v) is 7.18. The van der Waals surface area contributed by atoms with Crippen LogP contribution in [0.5, 0.6) is 5.75 Å². The number of methoxy groups -OCH3 is 1. The van der Waals surface area contributed by atoms with Crippen LogP contribution in [0.4, 0.5) is 0 Å². The number of benzene rings is 1. The summed E-state index contributed by atoms with van der Waals surface area (Å²) in [7, 11) is 1.64. The average molecular weight is 304 g/mol. The lowest BCUT2D eigenvalue weighted by atomic mass is 10.0. The van der Waals surface area contributed by atoms with Crippen molar-refractivity contribution in [1.82, 2.24) is 20.2 Å². The van der Waals surface area contributed by atoms with E-state index in [0.717, 1.165) is 17.7 Å². The number of hydrogen-bond acceptors (Lipinski definition) is 6. The Morgan fingerprint density at radius 2 is 2.05 bits per heavy atom. The SMILES string of the molecule is CCOC(=O)Cn1nnc([C@@H](C)Cc2ccc(OC)cc2)n1. The van der Waals surface area contributed by atoms with Crippen molar-refractivity contribution in [3.8, 4) is 5.75 Å². The molecule has 0 fully saturated rings. The number of carbonyl (C=O) groups is 1. The number of esters is 1. The number of rotatable bonds is 7. The molecule has 0 aliphatic carbocycles. The van der Waals surface area contributed by atoms with Gasteiger partial charge in [0.25, 0.3) is 0 Å². The van der Waals surface area contributed by atoms with E-state index in [0.29, 0.717) is 12.4 Å². The van der Waals surface area contributed by atoms with Gasteiger partial charge in [0.2, 0.25) is 0 Å². The summed E-state index contributed by atoms with van der Waals surface area (Å²) in [5.41, 5.74) is 1.16. The number of nitrogens with zero attached hydrogens (tertiary/aromatic N) is 4. The van der Waals surface area contributed by atoms with Crippen LogP contribution in [0, 0.1) is 0 Å². The summed E-state index contributed by atoms with van der Waals surface area (Å²) in [6, 6.07) is 7.87. The normalized spacial score (nSPS) is 12.0. The molecule has 7 nitrogen and oxygen atoms in total. The van der Waals surface area contributed by atoms with Gasteiger partial charge in [-0.15, -0.1) is 10.2 Å². The molecule has 0 N–H and O–H groups in total. The molecule has 0 bridgehead atoms. The van der Waals surface area contributed by atoms with Crippen LogP contribution in [0.25, 0.3) is 0 Å². The maximum Gasteiger partial charge on any atom is 0.329 e. The lowest BCUT2D eigenvalue weighted by molar-refractivity contribution is -0.144. The van der Waals surface area contributed by atoms with Gasteiger partial charge >= 0.3 is 5.97 Å². The van der Waals surface area contributed by atoms with E-state index in [1.807, 2.05) is 31.2 Å². The minimum Gasteiger partial charge on any atom is -0.497 e. The fourth-order valence-electron chi connectivity index (χ4n) is 2.05. The highest BCUT2D eigenvalue weighted by Crippen LogP contribution is 2.18. The predicted molar refractivity (Wildman–Crippen MR) is 79.6 cm³/mol. The van der Waals surface area contributed by atoms with Gasteiger partial charge in [0.1, 0.15) is 5.75 Å². The van der Waals surface area contributed by atoms with E-state index in [-0.39, 0.29) is 18.4 Å². The van der Waals surface area contributed by atoms with Crippen molar-refractivity contribution < 1.29 is 14.3 Å². The van der Waals surface area contributed by atoms with Gasteiger partial charge in [-0.3, -0.25) is 0 Å². The Morgan fingerprint density at radius 3 is 2.68 bits per heavy atom. The van der Waals surface area contributed by atoms with Gasteiger partial charge in [0.15, 0.2) is 12.4 Å². The Labute approximate surface area is 129 Å². The predicted octanol–water partition coefficient (Wildman–Crippen LogP) is 1.59. The second-order valence-corrected chi connectivity index (χ2v) is 4.94. The van der Waals surface area contributed by atoms with Crippen molar-refractivity contribution in [2.75, 3.05) is 13.7 Å². The Morgan fingerprint density at radius 1 is 1.32 bits per heavy atom. The zero-order valence-corrected chi connectivity index (χ0v) is 13.0. The maximum absolute atomic E-state index is 11.4. The third-order valence-corrected chi connectivity index (χ3v) is 3.19. The van der Waals surface area contributed by atoms with Crippen LogP contribution in [0.2, 0.25) is 0 Å². The quantitative estimate of drug-likeness (QED) is 0.723. The highest BCUT2D eigenvalue weighted by molar-refractivity contribution is 5.68. The fraction of sp³-hybridized carbons (Fsp3) is 0.467. The number of aromatic nitrogens is 4. The Bertz CT molecular complexity index is 610. The molecule has 1 aromatic carbocycles. The Hall–Kier alpha value is -2.44. The molecule has 2 rings (SSSR count). The van der Waals surface area contributed by atoms with Gasteiger partial charge in [-0.2, -0.15) is 4.80 Å². The van der Waals surface area contributed by atoms with Gasteiger partial charge in [0, 0.05) is 5.92 Å². The van der Waals surface area contributed by atoms with E-state index in [9.17, 15) is 4.79 Å². The first-order valence-electron chi connectivity index (χ1n) is 7.18. The number of tetrazole rings is 1. The van der Waals surface area contributed by atoms with Crippen LogP contribution in [0.1, 0.15) is 31.2 Å². The van der Waals surface area contributed by atoms with Crippen LogP contribution in [0.15, 0.2) is 24.3 Å². The van der Waals surface area contributed by atoms with Crippen LogP contribution in [-0.4, -0.2) is 39.9 Å². The average Bonchev–Trinajstić information content (AvgIpc) is 2.97. The van der Waals surface area contributed by atoms with E-state index in [4.69, 9.17) is 9.47 Å². The smallest absolute Gasteiger partial charge is 0.329 e. The molecule has 0 amide bonds. The highest BCUT2D eigenvalue weighted by Gasteiger charge is 2.14. The zero-order valence-electron chi connectivity index (χ0n) is 13.0. The van der Waals surface area contributed by atoms with Crippen LogP contribution < -0.4 is 4.74 Å². The summed E-state index contributed by atoms with van der Waals surface area (Å²) >= 11 is 0. The lowest BCUT2D eigenvalue weighted by Gasteiger charge is -2.07. The van der Waals surface area contributed by atoms with Crippen molar-refractivity contribution in [2.24, 2.45) is 0 Å². The minimum absolute atomic E-state index is 0.0178. The molecule has 0 saturated carbocycles. The third kappa shape index (κ3) is 4.28. The summed E-state index contributed by atoms with van der Waals surface area (Å²) in [5.74, 6) is 1.17. The van der Waals surface area contributed by atoms with Gasteiger partial charge in [0.05, 0.1) is 13.7 Å². The molecular weight excluding hydrogens is 284 g/mol. The van der Waals surface area contributed by atoms with Crippen molar-refractivity contribution >= 4 is 5.97 Å². The molecule has 0 radical (unpaired) electrons. The van der Waals surface area contributed by atoms with E-state index in [1.165, 1.54) is 4.80 Å². The molecule has 2 aromatic rings. The monoisotopic (exact) mass is 304 g/mol. The molecular formula is C15H20N4O3. The number of hydrogen-bond donors (Lipinski definition) is 0. The molecule has 1 heterocycles. The fourth-order valence-corrected chi connectivity index (χ4v) is 2.05. The summed E-state index contributed by atoms with van der Waals surface area (Å²) in [6.45, 7) is 4.11. The van der Waals surface area contributed by atoms with E-state index in [2.05, 4.69) is 15.4 Å². The second-order valence-electron chi connectivity index (χ2n) is 4.94. The summed E-state index contributed by atoms with van der Waals surface area (Å²) in [5, 5.41) is 12.1. The van der Waals surface area contributed by atoms with Gasteiger partial charge in [-0.1, -0.05) is 19.1 Å². The Kier molecular flexibility index (Phi) is 5.46. The minimum atomic E-state index is -0.366. The van der Waals surface area contributed by atoms with Crippen molar-refractivity contribution in [2.45, 2.75) is 32.7 Å². The molecule has 0 aliphatic rings. The molecule has 22 heavy (non-hydrogen) atoms. The van der Waals surface area contributed by atoms with E-state index >= 15 is 0 Å². The topological polar surface area (TPSA) is 79.1 Å². The largest absolute Gasteiger partial charge is 0.497 e. The highest BCUT2D eigenvalue weighted by atomic mass is 16.5. The zero-order chi connectivity index (χ0) is 15.9. The van der Waals surface area contributed by atoms with Gasteiger partial charge < -0.3 is 9.47 Å². The lowest BCUT2D eigenvalue weighted by Crippen LogP contribution is -2.16. The molecule has 0 aliphatic heterocycles. The number of carbonyl (C=O) groups excluding carboxylic acids is 1. The standard InChI is InChI=1S/C15H20N4O3/c1-4-22-14(20)10-19-17-15(16-18-19)11(2)9-12-5-7-13(21-3)8-6-12/h5-8,11H,4,9-10H2,1-3H3/t11-/m0/s1. The molecule has 1 aromatic heterocycles. The van der Waals surface area contributed by atoms with Crippen molar-refractivity contribution in [3.63, 3.8) is 0 Å². The van der Waals surface area contributed by atoms with Gasteiger partial charge in [-0.25, -0.2) is 4.79 Å². The molecule has 1 atom stereocenters. The second kappa shape index (κ2) is 7.53. The first-order chi connectivity index (χ1) is 10.6. The first kappa shape index (κ1) is 15.9. The van der Waals surface area contributed by atoms with E-state index < -0.39 is 0 Å². The van der Waals surface area contributed by atoms with Gasteiger partial charge in [-0.05, 0) is 36.3 Å². The molecule has 0 saturated heterocycles. The molecule has 118 valence electrons. The Balaban J connectivity index is 1.95. The summed E-state index contributed by atoms with van der Waals surface area (Å²) in [6.07, 6.45) is 0.787. The van der Waals surface area contributed by atoms with Crippen molar-refractivity contribution in [3.05, 3.63) is 35.7 Å². The number of ether oxygens (including phenoxy) is 2. The molecule has 0 unspecified atom stereocenters. The van der Waals surface area contributed by atoms with Crippen LogP contribution in [0.3, 0.4) is 0 Å². The van der Waals surface area contributed by atoms with Crippen LogP contribution >= 0.6 is 0 Å². The summed E-state index contributed by atoms with van der Waals surface area (Å²) in [4.78, 5) is 12.6. The summed E-state index contributed by atoms with van der Waals surface area (Å²) < 4.78 is 9.99. The molecule has 0 spiro atoms. The third-order valence-electron chi connectivity index (χ3n) is 3.19. The molecule has 7 heteroatoms.